The smallest absolute Gasteiger partial charge is 0.0702 e. The molecular formula is C19H18N2. The number of para-hydroxylation sites is 1. The first-order valence-corrected chi connectivity index (χ1v) is 7.42. The highest BCUT2D eigenvalue weighted by Gasteiger charge is 2.24. The van der Waals surface area contributed by atoms with Gasteiger partial charge in [0.15, 0.2) is 0 Å². The molecule has 0 saturated carbocycles. The maximum absolute atomic E-state index is 4.64. The fraction of sp³-hybridized carbons (Fsp3) is 0.211. The third-order valence-electron chi connectivity index (χ3n) is 4.38. The van der Waals surface area contributed by atoms with Gasteiger partial charge < -0.3 is 4.90 Å². The van der Waals surface area contributed by atoms with E-state index in [1.165, 1.54) is 22.1 Å². The quantitative estimate of drug-likeness (QED) is 0.671. The van der Waals surface area contributed by atoms with Crippen molar-refractivity contribution in [3.8, 4) is 0 Å². The lowest BCUT2D eigenvalue weighted by molar-refractivity contribution is 0.295. The Labute approximate surface area is 125 Å². The molecule has 3 aromatic rings. The molecule has 0 spiro atoms. The van der Waals surface area contributed by atoms with Crippen molar-refractivity contribution >= 4 is 10.9 Å². The highest BCUT2D eigenvalue weighted by molar-refractivity contribution is 5.79. The first-order valence-electron chi connectivity index (χ1n) is 7.42. The normalized spacial score (nSPS) is 18.6. The summed E-state index contributed by atoms with van der Waals surface area (Å²) >= 11 is 0. The van der Waals surface area contributed by atoms with E-state index in [4.69, 9.17) is 0 Å². The first kappa shape index (κ1) is 12.5. The number of pyridine rings is 1. The molecule has 1 aliphatic heterocycles. The summed E-state index contributed by atoms with van der Waals surface area (Å²) < 4.78 is 0. The van der Waals surface area contributed by atoms with Crippen LogP contribution in [0, 0.1) is 0 Å². The van der Waals surface area contributed by atoms with Crippen LogP contribution in [-0.2, 0) is 6.54 Å². The summed E-state index contributed by atoms with van der Waals surface area (Å²) in [4.78, 5) is 7.03. The predicted octanol–water partition coefficient (Wildman–Crippen LogP) is 3.81. The standard InChI is InChI=1S/C19H18N2/c1-21-12-15-7-2-4-8-17(15)18(13-21)16-10-14-6-3-5-9-19(14)20-11-16/h2-11,18H,12-13H2,1H3/t18-/m1/s1. The third-order valence-corrected chi connectivity index (χ3v) is 4.38. The summed E-state index contributed by atoms with van der Waals surface area (Å²) in [6.07, 6.45) is 2.04. The second-order valence-corrected chi connectivity index (χ2v) is 5.91. The number of hydrogen-bond acceptors (Lipinski definition) is 2. The molecule has 21 heavy (non-hydrogen) atoms. The van der Waals surface area contributed by atoms with Crippen LogP contribution in [0.1, 0.15) is 22.6 Å². The Bertz CT molecular complexity index is 794. The van der Waals surface area contributed by atoms with E-state index in [0.717, 1.165) is 18.6 Å². The number of likely N-dealkylation sites (N-methyl/N-ethyl adjacent to an activating group) is 1. The molecule has 0 amide bonds. The van der Waals surface area contributed by atoms with Gasteiger partial charge in [0.1, 0.15) is 0 Å². The lowest BCUT2D eigenvalue weighted by atomic mass is 9.85. The molecule has 2 heterocycles. The van der Waals surface area contributed by atoms with Gasteiger partial charge in [-0.25, -0.2) is 0 Å². The highest BCUT2D eigenvalue weighted by Crippen LogP contribution is 2.33. The van der Waals surface area contributed by atoms with Crippen LogP contribution >= 0.6 is 0 Å². The van der Waals surface area contributed by atoms with E-state index < -0.39 is 0 Å². The van der Waals surface area contributed by atoms with Gasteiger partial charge in [-0.05, 0) is 35.9 Å². The van der Waals surface area contributed by atoms with Crippen molar-refractivity contribution in [1.82, 2.24) is 9.88 Å². The van der Waals surface area contributed by atoms with Gasteiger partial charge in [-0.1, -0.05) is 42.5 Å². The average Bonchev–Trinajstić information content (AvgIpc) is 2.53. The van der Waals surface area contributed by atoms with E-state index in [1.54, 1.807) is 0 Å². The third kappa shape index (κ3) is 2.22. The zero-order valence-corrected chi connectivity index (χ0v) is 12.2. The first-order chi connectivity index (χ1) is 10.3. The van der Waals surface area contributed by atoms with Crippen LogP contribution in [0.2, 0.25) is 0 Å². The lowest BCUT2D eigenvalue weighted by Crippen LogP contribution is -2.30. The molecule has 0 unspecified atom stereocenters. The zero-order valence-electron chi connectivity index (χ0n) is 12.2. The zero-order chi connectivity index (χ0) is 14.2. The number of aromatic nitrogens is 1. The summed E-state index contributed by atoms with van der Waals surface area (Å²) in [6, 6.07) is 19.4. The Morgan fingerprint density at radius 3 is 2.81 bits per heavy atom. The van der Waals surface area contributed by atoms with E-state index in [0.29, 0.717) is 5.92 Å². The molecule has 2 aromatic carbocycles. The minimum Gasteiger partial charge on any atom is -0.301 e. The molecule has 2 heteroatoms. The molecular weight excluding hydrogens is 256 g/mol. The van der Waals surface area contributed by atoms with Crippen molar-refractivity contribution in [1.29, 1.82) is 0 Å². The van der Waals surface area contributed by atoms with Crippen LogP contribution in [0.15, 0.2) is 60.8 Å². The van der Waals surface area contributed by atoms with E-state index in [2.05, 4.69) is 65.5 Å². The topological polar surface area (TPSA) is 16.1 Å². The second-order valence-electron chi connectivity index (χ2n) is 5.91. The second kappa shape index (κ2) is 4.97. The van der Waals surface area contributed by atoms with Gasteiger partial charge in [0.2, 0.25) is 0 Å². The SMILES string of the molecule is CN1Cc2ccccc2[C@@H](c2cnc3ccccc3c2)C1. The van der Waals surface area contributed by atoms with Gasteiger partial charge in [0.05, 0.1) is 5.52 Å². The maximum Gasteiger partial charge on any atom is 0.0702 e. The number of hydrogen-bond donors (Lipinski definition) is 0. The number of fused-ring (bicyclic) bond motifs is 2. The highest BCUT2D eigenvalue weighted by atomic mass is 15.1. The van der Waals surface area contributed by atoms with E-state index in [1.807, 2.05) is 12.3 Å². The molecule has 1 atom stereocenters. The van der Waals surface area contributed by atoms with Crippen LogP contribution < -0.4 is 0 Å². The summed E-state index contributed by atoms with van der Waals surface area (Å²) in [5.74, 6) is 0.414. The van der Waals surface area contributed by atoms with Gasteiger partial charge in [-0.2, -0.15) is 0 Å². The van der Waals surface area contributed by atoms with E-state index in [9.17, 15) is 0 Å². The Morgan fingerprint density at radius 1 is 1.05 bits per heavy atom. The molecule has 104 valence electrons. The van der Waals surface area contributed by atoms with Crippen LogP contribution in [0.3, 0.4) is 0 Å². The van der Waals surface area contributed by atoms with Crippen molar-refractivity contribution in [3.63, 3.8) is 0 Å². The van der Waals surface area contributed by atoms with Gasteiger partial charge >= 0.3 is 0 Å². The van der Waals surface area contributed by atoms with Crippen molar-refractivity contribution < 1.29 is 0 Å². The summed E-state index contributed by atoms with van der Waals surface area (Å²) in [7, 11) is 2.19. The van der Waals surface area contributed by atoms with Crippen LogP contribution in [0.25, 0.3) is 10.9 Å². The minimum atomic E-state index is 0.414. The summed E-state index contributed by atoms with van der Waals surface area (Å²) in [5, 5.41) is 1.22. The molecule has 0 N–H and O–H groups in total. The van der Waals surface area contributed by atoms with Gasteiger partial charge in [-0.15, -0.1) is 0 Å². The van der Waals surface area contributed by atoms with Crippen LogP contribution in [-0.4, -0.2) is 23.5 Å². The van der Waals surface area contributed by atoms with Crippen molar-refractivity contribution in [2.45, 2.75) is 12.5 Å². The number of rotatable bonds is 1. The van der Waals surface area contributed by atoms with Crippen LogP contribution in [0.4, 0.5) is 0 Å². The molecule has 2 nitrogen and oxygen atoms in total. The fourth-order valence-electron chi connectivity index (χ4n) is 3.35. The molecule has 1 aromatic heterocycles. The van der Waals surface area contributed by atoms with E-state index in [-0.39, 0.29) is 0 Å². The molecule has 4 rings (SSSR count). The molecule has 0 radical (unpaired) electrons. The molecule has 0 aliphatic carbocycles. The molecule has 0 fully saturated rings. The molecule has 0 bridgehead atoms. The summed E-state index contributed by atoms with van der Waals surface area (Å²) in [6.45, 7) is 2.09. The Kier molecular flexibility index (Phi) is 2.97. The Morgan fingerprint density at radius 2 is 1.86 bits per heavy atom. The maximum atomic E-state index is 4.64. The average molecular weight is 274 g/mol. The van der Waals surface area contributed by atoms with Crippen molar-refractivity contribution in [2.24, 2.45) is 0 Å². The minimum absolute atomic E-state index is 0.414. The Hall–Kier alpha value is -2.19. The Balaban J connectivity index is 1.84. The van der Waals surface area contributed by atoms with Crippen molar-refractivity contribution in [2.75, 3.05) is 13.6 Å². The predicted molar refractivity (Wildman–Crippen MR) is 86.4 cm³/mol. The van der Waals surface area contributed by atoms with Crippen molar-refractivity contribution in [3.05, 3.63) is 77.5 Å². The van der Waals surface area contributed by atoms with Crippen LogP contribution in [0.5, 0.6) is 0 Å². The summed E-state index contributed by atoms with van der Waals surface area (Å²) in [5.41, 5.74) is 5.27. The largest absolute Gasteiger partial charge is 0.301 e. The van der Waals surface area contributed by atoms with Gasteiger partial charge in [0, 0.05) is 30.6 Å². The van der Waals surface area contributed by atoms with E-state index >= 15 is 0 Å². The van der Waals surface area contributed by atoms with Gasteiger partial charge in [-0.3, -0.25) is 4.98 Å². The number of benzene rings is 2. The fourth-order valence-corrected chi connectivity index (χ4v) is 3.35. The lowest BCUT2D eigenvalue weighted by Gasteiger charge is -2.32. The number of nitrogens with zero attached hydrogens (tertiary/aromatic N) is 2. The monoisotopic (exact) mass is 274 g/mol. The molecule has 0 saturated heterocycles. The molecule has 1 aliphatic rings. The van der Waals surface area contributed by atoms with Gasteiger partial charge in [0.25, 0.3) is 0 Å².